The van der Waals surface area contributed by atoms with Crippen molar-refractivity contribution in [3.05, 3.63) is 57.8 Å². The van der Waals surface area contributed by atoms with Gasteiger partial charge in [0.2, 0.25) is 5.91 Å². The third kappa shape index (κ3) is 5.16. The summed E-state index contributed by atoms with van der Waals surface area (Å²) in [5.74, 6) is 0.0967. The maximum Gasteiger partial charge on any atom is 0.234 e. The fourth-order valence-electron chi connectivity index (χ4n) is 2.72. The molecule has 5 heteroatoms. The standard InChI is InChI=1S/C19H24N2O2S/c1-23-14-16-6-4-15(5-7-16)11-20-19(22)13-21(17-8-9-17)12-18-3-2-10-24-18/h2-7,10,17H,8-9,11-14H2,1H3,(H,20,22). The van der Waals surface area contributed by atoms with Crippen LogP contribution < -0.4 is 5.32 Å². The van der Waals surface area contributed by atoms with Gasteiger partial charge in [-0.15, -0.1) is 11.3 Å². The number of thiophene rings is 1. The van der Waals surface area contributed by atoms with E-state index in [1.807, 2.05) is 24.3 Å². The quantitative estimate of drug-likeness (QED) is 0.760. The molecule has 4 nitrogen and oxygen atoms in total. The molecule has 1 saturated carbocycles. The van der Waals surface area contributed by atoms with E-state index in [1.54, 1.807) is 18.4 Å². The van der Waals surface area contributed by atoms with Crippen LogP contribution in [0.3, 0.4) is 0 Å². The summed E-state index contributed by atoms with van der Waals surface area (Å²) in [6.45, 7) is 2.54. The second-order valence-electron chi connectivity index (χ2n) is 6.24. The van der Waals surface area contributed by atoms with Crippen molar-refractivity contribution in [2.45, 2.75) is 38.6 Å². The maximum atomic E-state index is 12.3. The van der Waals surface area contributed by atoms with Crippen LogP contribution in [-0.2, 0) is 29.2 Å². The van der Waals surface area contributed by atoms with Gasteiger partial charge < -0.3 is 10.1 Å². The molecule has 0 saturated heterocycles. The van der Waals surface area contributed by atoms with E-state index in [4.69, 9.17) is 4.74 Å². The van der Waals surface area contributed by atoms with Crippen LogP contribution in [0.5, 0.6) is 0 Å². The molecule has 128 valence electrons. The van der Waals surface area contributed by atoms with E-state index < -0.39 is 0 Å². The van der Waals surface area contributed by atoms with Gasteiger partial charge in [0.05, 0.1) is 13.2 Å². The van der Waals surface area contributed by atoms with Crippen LogP contribution >= 0.6 is 11.3 Å². The van der Waals surface area contributed by atoms with Crippen molar-refractivity contribution in [3.8, 4) is 0 Å². The first-order chi connectivity index (χ1) is 11.7. The Labute approximate surface area is 147 Å². The lowest BCUT2D eigenvalue weighted by atomic mass is 10.1. The Morgan fingerprint density at radius 1 is 1.25 bits per heavy atom. The number of hydrogen-bond donors (Lipinski definition) is 1. The lowest BCUT2D eigenvalue weighted by molar-refractivity contribution is -0.122. The number of carbonyl (C=O) groups is 1. The van der Waals surface area contributed by atoms with E-state index in [-0.39, 0.29) is 5.91 Å². The molecule has 0 unspecified atom stereocenters. The zero-order valence-corrected chi connectivity index (χ0v) is 14.8. The van der Waals surface area contributed by atoms with E-state index in [0.717, 1.165) is 17.7 Å². The lowest BCUT2D eigenvalue weighted by Crippen LogP contribution is -2.37. The molecule has 3 rings (SSSR count). The van der Waals surface area contributed by atoms with Gasteiger partial charge in [-0.05, 0) is 35.4 Å². The highest BCUT2D eigenvalue weighted by molar-refractivity contribution is 7.09. The SMILES string of the molecule is COCc1ccc(CNC(=O)CN(Cc2cccs2)C2CC2)cc1. The van der Waals surface area contributed by atoms with Gasteiger partial charge in [-0.3, -0.25) is 9.69 Å². The van der Waals surface area contributed by atoms with Crippen LogP contribution in [0.25, 0.3) is 0 Å². The number of amides is 1. The number of nitrogens with one attached hydrogen (secondary N) is 1. The Balaban J connectivity index is 1.47. The minimum absolute atomic E-state index is 0.0967. The normalized spacial score (nSPS) is 14.1. The van der Waals surface area contributed by atoms with Gasteiger partial charge in [0, 0.05) is 31.1 Å². The van der Waals surface area contributed by atoms with Crippen molar-refractivity contribution < 1.29 is 9.53 Å². The molecule has 1 aliphatic rings. The molecule has 0 atom stereocenters. The lowest BCUT2D eigenvalue weighted by Gasteiger charge is -2.20. The van der Waals surface area contributed by atoms with Crippen molar-refractivity contribution in [2.75, 3.05) is 13.7 Å². The molecule has 1 fully saturated rings. The van der Waals surface area contributed by atoms with Gasteiger partial charge in [0.25, 0.3) is 0 Å². The van der Waals surface area contributed by atoms with Gasteiger partial charge in [0.1, 0.15) is 0 Å². The number of nitrogens with zero attached hydrogens (tertiary/aromatic N) is 1. The third-order valence-electron chi connectivity index (χ3n) is 4.17. The molecular weight excluding hydrogens is 320 g/mol. The fraction of sp³-hybridized carbons (Fsp3) is 0.421. The number of benzene rings is 1. The minimum Gasteiger partial charge on any atom is -0.380 e. The second-order valence-corrected chi connectivity index (χ2v) is 7.27. The van der Waals surface area contributed by atoms with Crippen molar-refractivity contribution in [1.29, 1.82) is 0 Å². The summed E-state index contributed by atoms with van der Waals surface area (Å²) in [6, 6.07) is 12.9. The first-order valence-corrected chi connectivity index (χ1v) is 9.22. The Hall–Kier alpha value is -1.69. The molecule has 1 aliphatic carbocycles. The average Bonchev–Trinajstić information content (AvgIpc) is 3.31. The Morgan fingerprint density at radius 3 is 2.62 bits per heavy atom. The van der Waals surface area contributed by atoms with Crippen molar-refractivity contribution in [3.63, 3.8) is 0 Å². The highest BCUT2D eigenvalue weighted by atomic mass is 32.1. The van der Waals surface area contributed by atoms with Crippen LogP contribution in [0.15, 0.2) is 41.8 Å². The Kier molecular flexibility index (Phi) is 6.01. The number of ether oxygens (including phenoxy) is 1. The number of methoxy groups -OCH3 is 1. The van der Waals surface area contributed by atoms with Crippen LogP contribution in [0.2, 0.25) is 0 Å². The zero-order chi connectivity index (χ0) is 16.8. The summed E-state index contributed by atoms with van der Waals surface area (Å²) in [6.07, 6.45) is 2.42. The van der Waals surface area contributed by atoms with Crippen molar-refractivity contribution in [2.24, 2.45) is 0 Å². The molecule has 0 spiro atoms. The molecule has 1 aromatic heterocycles. The molecule has 1 heterocycles. The summed E-state index contributed by atoms with van der Waals surface area (Å²) in [5.41, 5.74) is 2.25. The second kappa shape index (κ2) is 8.42. The first kappa shape index (κ1) is 17.1. The van der Waals surface area contributed by atoms with E-state index >= 15 is 0 Å². The largest absolute Gasteiger partial charge is 0.380 e. The molecule has 0 radical (unpaired) electrons. The monoisotopic (exact) mass is 344 g/mol. The molecule has 24 heavy (non-hydrogen) atoms. The summed E-state index contributed by atoms with van der Waals surface area (Å²) in [7, 11) is 1.69. The van der Waals surface area contributed by atoms with Gasteiger partial charge in [-0.2, -0.15) is 0 Å². The topological polar surface area (TPSA) is 41.6 Å². The summed E-state index contributed by atoms with van der Waals surface area (Å²) >= 11 is 1.76. The van der Waals surface area contributed by atoms with E-state index in [2.05, 4.69) is 27.7 Å². The Morgan fingerprint density at radius 2 is 2.00 bits per heavy atom. The fourth-order valence-corrected chi connectivity index (χ4v) is 3.45. The van der Waals surface area contributed by atoms with E-state index in [1.165, 1.54) is 17.7 Å². The Bertz CT molecular complexity index is 636. The maximum absolute atomic E-state index is 12.3. The highest BCUT2D eigenvalue weighted by Crippen LogP contribution is 2.28. The molecular formula is C19H24N2O2S. The molecule has 1 amide bonds. The smallest absolute Gasteiger partial charge is 0.234 e. The van der Waals surface area contributed by atoms with Crippen LogP contribution in [0.1, 0.15) is 28.8 Å². The number of hydrogen-bond acceptors (Lipinski definition) is 4. The van der Waals surface area contributed by atoms with Gasteiger partial charge in [0.15, 0.2) is 0 Å². The summed E-state index contributed by atoms with van der Waals surface area (Å²) in [5, 5.41) is 5.13. The summed E-state index contributed by atoms with van der Waals surface area (Å²) in [4.78, 5) is 15.9. The summed E-state index contributed by atoms with van der Waals surface area (Å²) < 4.78 is 5.11. The van der Waals surface area contributed by atoms with E-state index in [0.29, 0.717) is 25.7 Å². The molecule has 1 aromatic carbocycles. The van der Waals surface area contributed by atoms with Crippen molar-refractivity contribution >= 4 is 17.2 Å². The number of rotatable bonds is 9. The highest BCUT2D eigenvalue weighted by Gasteiger charge is 2.30. The van der Waals surface area contributed by atoms with Gasteiger partial charge in [-0.1, -0.05) is 30.3 Å². The van der Waals surface area contributed by atoms with E-state index in [9.17, 15) is 4.79 Å². The minimum atomic E-state index is 0.0967. The van der Waals surface area contributed by atoms with Gasteiger partial charge in [-0.25, -0.2) is 0 Å². The molecule has 1 N–H and O–H groups in total. The van der Waals surface area contributed by atoms with Gasteiger partial charge >= 0.3 is 0 Å². The zero-order valence-electron chi connectivity index (χ0n) is 14.0. The van der Waals surface area contributed by atoms with Crippen LogP contribution in [0, 0.1) is 0 Å². The molecule has 0 bridgehead atoms. The average molecular weight is 344 g/mol. The third-order valence-corrected chi connectivity index (χ3v) is 5.03. The molecule has 2 aromatic rings. The van der Waals surface area contributed by atoms with Crippen LogP contribution in [-0.4, -0.2) is 30.5 Å². The number of carbonyl (C=O) groups excluding carboxylic acids is 1. The predicted molar refractivity (Wildman–Crippen MR) is 96.8 cm³/mol. The molecule has 0 aliphatic heterocycles. The first-order valence-electron chi connectivity index (χ1n) is 8.34. The van der Waals surface area contributed by atoms with Crippen LogP contribution in [0.4, 0.5) is 0 Å². The van der Waals surface area contributed by atoms with Crippen molar-refractivity contribution in [1.82, 2.24) is 10.2 Å². The predicted octanol–water partition coefficient (Wildman–Crippen LogP) is 3.18.